The number of likely N-dealkylation sites (tertiary alicyclic amines) is 1. The molecule has 7 heteroatoms. The second kappa shape index (κ2) is 10.3. The fraction of sp³-hybridized carbons (Fsp3) is 0.440. The first-order valence-corrected chi connectivity index (χ1v) is 11.6. The minimum Gasteiger partial charge on any atom is -0.492 e. The molecule has 1 saturated heterocycles. The van der Waals surface area contributed by atoms with E-state index < -0.39 is 0 Å². The second-order valence-electron chi connectivity index (χ2n) is 8.35. The van der Waals surface area contributed by atoms with E-state index in [2.05, 4.69) is 5.32 Å². The fourth-order valence-electron chi connectivity index (χ4n) is 4.32. The zero-order chi connectivity index (χ0) is 22.5. The Kier molecular flexibility index (Phi) is 7.20. The Bertz CT molecular complexity index is 974. The van der Waals surface area contributed by atoms with Crippen molar-refractivity contribution >= 4 is 23.4 Å². The zero-order valence-electron chi connectivity index (χ0n) is 18.3. The predicted octanol–water partition coefficient (Wildman–Crippen LogP) is 4.16. The molecule has 2 unspecified atom stereocenters. The third kappa shape index (κ3) is 5.18. The van der Waals surface area contributed by atoms with Gasteiger partial charge < -0.3 is 19.7 Å². The molecule has 2 aromatic carbocycles. The molecule has 0 saturated carbocycles. The zero-order valence-corrected chi connectivity index (χ0v) is 19.1. The quantitative estimate of drug-likeness (QED) is 0.679. The Morgan fingerprint density at radius 3 is 2.78 bits per heavy atom. The topological polar surface area (TPSA) is 67.9 Å². The molecule has 32 heavy (non-hydrogen) atoms. The molecule has 1 N–H and O–H groups in total. The summed E-state index contributed by atoms with van der Waals surface area (Å²) in [6, 6.07) is 12.9. The highest BCUT2D eigenvalue weighted by atomic mass is 35.5. The number of rotatable bonds is 7. The van der Waals surface area contributed by atoms with Crippen LogP contribution in [0.3, 0.4) is 0 Å². The lowest BCUT2D eigenvalue weighted by atomic mass is 9.95. The molecule has 2 atom stereocenters. The normalized spacial score (nSPS) is 18.4. The van der Waals surface area contributed by atoms with E-state index >= 15 is 0 Å². The SMILES string of the molecule is CCC(NC(=O)C1COc2ccc(Cl)cc2C1)c1ccccc1OCC(=O)N1CCCC1. The number of para-hydroxylation sites is 1. The van der Waals surface area contributed by atoms with E-state index in [-0.39, 0.29) is 30.4 Å². The van der Waals surface area contributed by atoms with Gasteiger partial charge in [-0.15, -0.1) is 0 Å². The maximum Gasteiger partial charge on any atom is 0.260 e. The highest BCUT2D eigenvalue weighted by Crippen LogP contribution is 2.31. The fourth-order valence-corrected chi connectivity index (χ4v) is 4.51. The number of carbonyl (C=O) groups excluding carboxylic acids is 2. The number of hydrogen-bond donors (Lipinski definition) is 1. The highest BCUT2D eigenvalue weighted by molar-refractivity contribution is 6.30. The third-order valence-electron chi connectivity index (χ3n) is 6.13. The Labute approximate surface area is 193 Å². The van der Waals surface area contributed by atoms with Crippen molar-refractivity contribution in [2.24, 2.45) is 5.92 Å². The summed E-state index contributed by atoms with van der Waals surface area (Å²) in [6.07, 6.45) is 3.38. The number of nitrogens with zero attached hydrogens (tertiary/aromatic N) is 1. The van der Waals surface area contributed by atoms with Gasteiger partial charge >= 0.3 is 0 Å². The summed E-state index contributed by atoms with van der Waals surface area (Å²) in [5.74, 6) is 1.06. The van der Waals surface area contributed by atoms with Crippen LogP contribution in [0.25, 0.3) is 0 Å². The Morgan fingerprint density at radius 2 is 2.00 bits per heavy atom. The first-order valence-electron chi connectivity index (χ1n) is 11.3. The number of halogens is 1. The summed E-state index contributed by atoms with van der Waals surface area (Å²) in [6.45, 7) is 3.96. The third-order valence-corrected chi connectivity index (χ3v) is 6.36. The van der Waals surface area contributed by atoms with Crippen LogP contribution in [0.15, 0.2) is 42.5 Å². The van der Waals surface area contributed by atoms with Gasteiger partial charge in [0.2, 0.25) is 5.91 Å². The number of nitrogens with one attached hydrogen (secondary N) is 1. The van der Waals surface area contributed by atoms with Crippen LogP contribution in [-0.2, 0) is 16.0 Å². The molecule has 0 aliphatic carbocycles. The number of fused-ring (bicyclic) bond motifs is 1. The molecule has 6 nitrogen and oxygen atoms in total. The van der Waals surface area contributed by atoms with Gasteiger partial charge in [0, 0.05) is 23.7 Å². The predicted molar refractivity (Wildman–Crippen MR) is 123 cm³/mol. The molecule has 4 rings (SSSR count). The van der Waals surface area contributed by atoms with Crippen molar-refractivity contribution in [3.05, 3.63) is 58.6 Å². The van der Waals surface area contributed by atoms with Gasteiger partial charge in [-0.05, 0) is 55.5 Å². The van der Waals surface area contributed by atoms with Crippen molar-refractivity contribution in [2.75, 3.05) is 26.3 Å². The van der Waals surface area contributed by atoms with Crippen LogP contribution in [-0.4, -0.2) is 43.0 Å². The lowest BCUT2D eigenvalue weighted by molar-refractivity contribution is -0.132. The van der Waals surface area contributed by atoms with Crippen LogP contribution < -0.4 is 14.8 Å². The maximum atomic E-state index is 13.1. The van der Waals surface area contributed by atoms with Gasteiger partial charge in [0.1, 0.15) is 18.1 Å². The van der Waals surface area contributed by atoms with Gasteiger partial charge in [-0.25, -0.2) is 0 Å². The van der Waals surface area contributed by atoms with E-state index in [0.717, 1.165) is 42.8 Å². The first-order chi connectivity index (χ1) is 15.5. The minimum atomic E-state index is -0.292. The average Bonchev–Trinajstić information content (AvgIpc) is 3.36. The summed E-state index contributed by atoms with van der Waals surface area (Å²) in [7, 11) is 0. The summed E-state index contributed by atoms with van der Waals surface area (Å²) in [5.41, 5.74) is 1.82. The lowest BCUT2D eigenvalue weighted by Gasteiger charge is -2.27. The van der Waals surface area contributed by atoms with Crippen LogP contribution >= 0.6 is 11.6 Å². The molecule has 0 bridgehead atoms. The molecule has 1 fully saturated rings. The molecule has 2 heterocycles. The molecule has 2 aromatic rings. The molecular formula is C25H29ClN2O4. The van der Waals surface area contributed by atoms with Crippen LogP contribution in [0.5, 0.6) is 11.5 Å². The van der Waals surface area contributed by atoms with E-state index in [1.54, 1.807) is 6.07 Å². The van der Waals surface area contributed by atoms with Crippen LogP contribution in [0.1, 0.15) is 43.4 Å². The lowest BCUT2D eigenvalue weighted by Crippen LogP contribution is -2.39. The van der Waals surface area contributed by atoms with Crippen molar-refractivity contribution in [1.82, 2.24) is 10.2 Å². The van der Waals surface area contributed by atoms with Gasteiger partial charge in [0.15, 0.2) is 6.61 Å². The Morgan fingerprint density at radius 1 is 1.22 bits per heavy atom. The maximum absolute atomic E-state index is 13.1. The highest BCUT2D eigenvalue weighted by Gasteiger charge is 2.28. The van der Waals surface area contributed by atoms with Crippen LogP contribution in [0.2, 0.25) is 5.02 Å². The average molecular weight is 457 g/mol. The Hall–Kier alpha value is -2.73. The minimum absolute atomic E-state index is 0.00562. The van der Waals surface area contributed by atoms with Crippen molar-refractivity contribution < 1.29 is 19.1 Å². The summed E-state index contributed by atoms with van der Waals surface area (Å²) in [5, 5.41) is 3.79. The van der Waals surface area contributed by atoms with Gasteiger partial charge in [-0.3, -0.25) is 9.59 Å². The number of benzene rings is 2. The molecule has 170 valence electrons. The number of hydrogen-bond acceptors (Lipinski definition) is 4. The largest absolute Gasteiger partial charge is 0.492 e. The van der Waals surface area contributed by atoms with Crippen molar-refractivity contribution in [2.45, 2.75) is 38.6 Å². The molecule has 0 aromatic heterocycles. The van der Waals surface area contributed by atoms with Gasteiger partial charge in [0.05, 0.1) is 12.0 Å². The van der Waals surface area contributed by atoms with Crippen LogP contribution in [0.4, 0.5) is 0 Å². The summed E-state index contributed by atoms with van der Waals surface area (Å²) in [4.78, 5) is 27.3. The molecular weight excluding hydrogens is 428 g/mol. The van der Waals surface area contributed by atoms with Gasteiger partial charge in [-0.2, -0.15) is 0 Å². The summed E-state index contributed by atoms with van der Waals surface area (Å²) < 4.78 is 11.7. The number of amides is 2. The van der Waals surface area contributed by atoms with Gasteiger partial charge in [-0.1, -0.05) is 36.7 Å². The van der Waals surface area contributed by atoms with Crippen LogP contribution in [0, 0.1) is 5.92 Å². The van der Waals surface area contributed by atoms with Gasteiger partial charge in [0.25, 0.3) is 5.91 Å². The van der Waals surface area contributed by atoms with E-state index in [0.29, 0.717) is 30.2 Å². The van der Waals surface area contributed by atoms with E-state index in [1.807, 2.05) is 48.2 Å². The monoisotopic (exact) mass is 456 g/mol. The number of carbonyl (C=O) groups is 2. The summed E-state index contributed by atoms with van der Waals surface area (Å²) >= 11 is 6.10. The molecule has 0 radical (unpaired) electrons. The van der Waals surface area contributed by atoms with Crippen molar-refractivity contribution in [3.63, 3.8) is 0 Å². The molecule has 2 amide bonds. The van der Waals surface area contributed by atoms with Crippen molar-refractivity contribution in [1.29, 1.82) is 0 Å². The van der Waals surface area contributed by atoms with E-state index in [4.69, 9.17) is 21.1 Å². The Balaban J connectivity index is 1.41. The van der Waals surface area contributed by atoms with Crippen molar-refractivity contribution in [3.8, 4) is 11.5 Å². The molecule has 2 aliphatic heterocycles. The standard InChI is InChI=1S/C25H29ClN2O4/c1-2-21(27-25(30)18-13-17-14-19(26)9-10-22(17)31-15-18)20-7-3-4-8-23(20)32-16-24(29)28-11-5-6-12-28/h3-4,7-10,14,18,21H,2,5-6,11-13,15-16H2,1H3,(H,27,30). The number of ether oxygens (including phenoxy) is 2. The van der Waals surface area contributed by atoms with E-state index in [1.165, 1.54) is 0 Å². The molecule has 0 spiro atoms. The smallest absolute Gasteiger partial charge is 0.260 e. The second-order valence-corrected chi connectivity index (χ2v) is 8.78. The first kappa shape index (κ1) is 22.5. The molecule has 2 aliphatic rings. The van der Waals surface area contributed by atoms with E-state index in [9.17, 15) is 9.59 Å².